The second-order valence-corrected chi connectivity index (χ2v) is 5.30. The van der Waals surface area contributed by atoms with E-state index in [0.717, 1.165) is 0 Å². The van der Waals surface area contributed by atoms with Gasteiger partial charge in [0.2, 0.25) is 10.0 Å². The number of carbonyl (C=O) groups is 1. The molecule has 0 radical (unpaired) electrons. The average Bonchev–Trinajstić information content (AvgIpc) is 2.28. The second kappa shape index (κ2) is 5.13. The fraction of sp³-hybridized carbons (Fsp3) is 0.250. The lowest BCUT2D eigenvalue weighted by Gasteiger charge is -2.09. The Labute approximate surface area is 101 Å². The van der Waals surface area contributed by atoms with Gasteiger partial charge in [-0.3, -0.25) is 4.79 Å². The molecule has 0 aliphatic heterocycles. The molecular weight excluding hydrogens is 238 g/mol. The molecule has 0 aromatic heterocycles. The van der Waals surface area contributed by atoms with E-state index in [4.69, 9.17) is 6.42 Å². The van der Waals surface area contributed by atoms with Crippen LogP contribution < -0.4 is 4.72 Å². The third-order valence-corrected chi connectivity index (χ3v) is 3.71. The maximum Gasteiger partial charge on any atom is 0.241 e. The van der Waals surface area contributed by atoms with Crippen LogP contribution in [0.5, 0.6) is 0 Å². The molecule has 0 saturated carbocycles. The predicted octanol–water partition coefficient (Wildman–Crippen LogP) is 1.19. The number of terminal acetylenes is 1. The fourth-order valence-corrected chi connectivity index (χ4v) is 2.37. The van der Waals surface area contributed by atoms with Gasteiger partial charge in [0.15, 0.2) is 5.78 Å². The highest BCUT2D eigenvalue weighted by Gasteiger charge is 2.16. The van der Waals surface area contributed by atoms with E-state index in [1.807, 2.05) is 0 Å². The summed E-state index contributed by atoms with van der Waals surface area (Å²) < 4.78 is 25.9. The highest BCUT2D eigenvalue weighted by molar-refractivity contribution is 7.89. The first kappa shape index (κ1) is 13.4. The van der Waals surface area contributed by atoms with Crippen LogP contribution >= 0.6 is 0 Å². The van der Waals surface area contributed by atoms with Gasteiger partial charge < -0.3 is 0 Å². The van der Waals surface area contributed by atoms with Gasteiger partial charge in [0.1, 0.15) is 0 Å². The van der Waals surface area contributed by atoms with E-state index in [-0.39, 0.29) is 10.7 Å². The highest BCUT2D eigenvalue weighted by Crippen LogP contribution is 2.11. The highest BCUT2D eigenvalue weighted by atomic mass is 32.2. The van der Waals surface area contributed by atoms with E-state index in [9.17, 15) is 13.2 Å². The van der Waals surface area contributed by atoms with E-state index < -0.39 is 16.1 Å². The van der Waals surface area contributed by atoms with Crippen molar-refractivity contribution in [3.63, 3.8) is 0 Å². The summed E-state index contributed by atoms with van der Waals surface area (Å²) in [5.41, 5.74) is 0.467. The topological polar surface area (TPSA) is 63.2 Å². The number of rotatable bonds is 4. The van der Waals surface area contributed by atoms with Gasteiger partial charge in [0.25, 0.3) is 0 Å². The van der Waals surface area contributed by atoms with Gasteiger partial charge in [-0.15, -0.1) is 6.42 Å². The number of carbonyl (C=O) groups excluding carboxylic acids is 1. The summed E-state index contributed by atoms with van der Waals surface area (Å²) in [5, 5.41) is 0. The molecule has 0 bridgehead atoms. The molecule has 1 rings (SSSR count). The van der Waals surface area contributed by atoms with Crippen molar-refractivity contribution >= 4 is 15.8 Å². The zero-order valence-corrected chi connectivity index (χ0v) is 10.4. The Hall–Kier alpha value is -1.64. The largest absolute Gasteiger partial charge is 0.295 e. The molecular formula is C12H13NO3S. The Morgan fingerprint density at radius 1 is 1.35 bits per heavy atom. The summed E-state index contributed by atoms with van der Waals surface area (Å²) in [5.74, 6) is 2.16. The van der Waals surface area contributed by atoms with Crippen LogP contribution in [0.1, 0.15) is 24.2 Å². The lowest BCUT2D eigenvalue weighted by Crippen LogP contribution is -2.31. The summed E-state index contributed by atoms with van der Waals surface area (Å²) in [4.78, 5) is 11.1. The summed E-state index contributed by atoms with van der Waals surface area (Å²) in [7, 11) is -3.62. The molecule has 5 heteroatoms. The maximum atomic E-state index is 11.8. The molecule has 1 unspecified atom stereocenters. The lowest BCUT2D eigenvalue weighted by molar-refractivity contribution is 0.101. The van der Waals surface area contributed by atoms with Crippen molar-refractivity contribution in [3.8, 4) is 12.3 Å². The van der Waals surface area contributed by atoms with Crippen molar-refractivity contribution in [2.45, 2.75) is 24.8 Å². The molecule has 0 spiro atoms. The normalized spacial score (nSPS) is 12.8. The van der Waals surface area contributed by atoms with Gasteiger partial charge >= 0.3 is 0 Å². The van der Waals surface area contributed by atoms with Gasteiger partial charge in [0, 0.05) is 5.56 Å². The average molecular weight is 251 g/mol. The number of hydrogen-bond donors (Lipinski definition) is 1. The lowest BCUT2D eigenvalue weighted by atomic mass is 10.2. The number of nitrogens with one attached hydrogen (secondary N) is 1. The number of ketones is 1. The molecule has 1 N–H and O–H groups in total. The van der Waals surface area contributed by atoms with Crippen LogP contribution in [0.2, 0.25) is 0 Å². The molecule has 0 amide bonds. The van der Waals surface area contributed by atoms with Crippen LogP contribution in [-0.2, 0) is 10.0 Å². The minimum absolute atomic E-state index is 0.0876. The molecule has 4 nitrogen and oxygen atoms in total. The fourth-order valence-electron chi connectivity index (χ4n) is 1.20. The number of hydrogen-bond acceptors (Lipinski definition) is 3. The van der Waals surface area contributed by atoms with Crippen LogP contribution in [0.3, 0.4) is 0 Å². The van der Waals surface area contributed by atoms with E-state index in [1.165, 1.54) is 31.2 Å². The van der Waals surface area contributed by atoms with Crippen molar-refractivity contribution in [2.75, 3.05) is 0 Å². The molecule has 1 aromatic rings. The zero-order valence-electron chi connectivity index (χ0n) is 9.60. The summed E-state index contributed by atoms with van der Waals surface area (Å²) in [6.45, 7) is 2.99. The van der Waals surface area contributed by atoms with Gasteiger partial charge in [0.05, 0.1) is 10.9 Å². The molecule has 0 fully saturated rings. The molecule has 90 valence electrons. The first-order chi connectivity index (χ1) is 7.86. The molecule has 0 heterocycles. The second-order valence-electron chi connectivity index (χ2n) is 3.59. The third kappa shape index (κ3) is 3.41. The number of benzene rings is 1. The van der Waals surface area contributed by atoms with E-state index >= 15 is 0 Å². The first-order valence-corrected chi connectivity index (χ1v) is 6.44. The van der Waals surface area contributed by atoms with Gasteiger partial charge in [-0.2, -0.15) is 4.72 Å². The first-order valence-electron chi connectivity index (χ1n) is 4.96. The Morgan fingerprint density at radius 2 is 1.88 bits per heavy atom. The number of Topliss-reactive ketones (excluding diaryl/α,β-unsaturated/α-hetero) is 1. The standard InChI is InChI=1S/C12H13NO3S/c1-4-9(2)13-17(15,16)12-7-5-11(6-8-12)10(3)14/h1,5-9,13H,2-3H3. The van der Waals surface area contributed by atoms with Crippen LogP contribution in [0.25, 0.3) is 0 Å². The Bertz CT molecular complexity index is 552. The summed E-state index contributed by atoms with van der Waals surface area (Å²) in [6, 6.07) is 5.12. The van der Waals surface area contributed by atoms with Crippen LogP contribution in [-0.4, -0.2) is 20.2 Å². The Kier molecular flexibility index (Phi) is 4.05. The third-order valence-electron chi connectivity index (χ3n) is 2.15. The van der Waals surface area contributed by atoms with Gasteiger partial charge in [-0.25, -0.2) is 8.42 Å². The minimum Gasteiger partial charge on any atom is -0.295 e. The van der Waals surface area contributed by atoms with Crippen molar-refractivity contribution in [1.29, 1.82) is 0 Å². The molecule has 0 saturated heterocycles. The van der Waals surface area contributed by atoms with Gasteiger partial charge in [-0.05, 0) is 26.0 Å². The van der Waals surface area contributed by atoms with Crippen molar-refractivity contribution in [3.05, 3.63) is 29.8 Å². The number of sulfonamides is 1. The van der Waals surface area contributed by atoms with Crippen LogP contribution in [0, 0.1) is 12.3 Å². The zero-order chi connectivity index (χ0) is 13.1. The summed E-state index contributed by atoms with van der Waals surface area (Å²) >= 11 is 0. The molecule has 1 atom stereocenters. The molecule has 1 aromatic carbocycles. The maximum absolute atomic E-state index is 11.8. The minimum atomic E-state index is -3.62. The molecule has 0 aliphatic rings. The molecule has 0 aliphatic carbocycles. The van der Waals surface area contributed by atoms with Gasteiger partial charge in [-0.1, -0.05) is 18.1 Å². The van der Waals surface area contributed by atoms with Crippen LogP contribution in [0.15, 0.2) is 29.2 Å². The monoisotopic (exact) mass is 251 g/mol. The van der Waals surface area contributed by atoms with Crippen molar-refractivity contribution in [1.82, 2.24) is 4.72 Å². The van der Waals surface area contributed by atoms with Crippen molar-refractivity contribution < 1.29 is 13.2 Å². The van der Waals surface area contributed by atoms with Crippen molar-refractivity contribution in [2.24, 2.45) is 0 Å². The Balaban J connectivity index is 3.01. The van der Waals surface area contributed by atoms with E-state index in [2.05, 4.69) is 10.6 Å². The van der Waals surface area contributed by atoms with Crippen LogP contribution in [0.4, 0.5) is 0 Å². The smallest absolute Gasteiger partial charge is 0.241 e. The van der Waals surface area contributed by atoms with E-state index in [1.54, 1.807) is 6.92 Å². The Morgan fingerprint density at radius 3 is 2.29 bits per heavy atom. The SMILES string of the molecule is C#CC(C)NS(=O)(=O)c1ccc(C(C)=O)cc1. The summed E-state index contributed by atoms with van der Waals surface area (Å²) in [6.07, 6.45) is 5.10. The van der Waals surface area contributed by atoms with E-state index in [0.29, 0.717) is 5.56 Å². The molecule has 17 heavy (non-hydrogen) atoms. The predicted molar refractivity (Wildman–Crippen MR) is 65.1 cm³/mol. The quantitative estimate of drug-likeness (QED) is 0.646.